The maximum atomic E-state index is 13.9. The van der Waals surface area contributed by atoms with Gasteiger partial charge in [0, 0.05) is 11.1 Å². The Morgan fingerprint density at radius 3 is 1.94 bits per heavy atom. The van der Waals surface area contributed by atoms with Crippen LogP contribution in [0.15, 0.2) is 78.9 Å². The fraction of sp³-hybridized carbons (Fsp3) is 0.185. The second-order valence-electron chi connectivity index (χ2n) is 8.69. The van der Waals surface area contributed by atoms with E-state index in [1.807, 2.05) is 25.1 Å². The number of aryl methyl sites for hydroxylation is 1. The fourth-order valence-electron chi connectivity index (χ4n) is 5.51. The van der Waals surface area contributed by atoms with Gasteiger partial charge in [-0.05, 0) is 24.1 Å². The maximum absolute atomic E-state index is 13.9. The molecular weight excluding hydrogens is 418 g/mol. The summed E-state index contributed by atoms with van der Waals surface area (Å²) in [5, 5.41) is 0. The lowest BCUT2D eigenvalue weighted by Crippen LogP contribution is -2.51. The zero-order valence-corrected chi connectivity index (χ0v) is 17.7. The molecule has 1 aliphatic carbocycles. The number of Topliss-reactive ketones (excluding diaryl/α,β-unsaturated/α-hetero) is 2. The average Bonchev–Trinajstić information content (AvgIpc) is 3.40. The van der Waals surface area contributed by atoms with Crippen molar-refractivity contribution in [2.45, 2.75) is 18.6 Å². The van der Waals surface area contributed by atoms with Crippen LogP contribution < -0.4 is 4.90 Å². The second kappa shape index (κ2) is 6.80. The molecule has 3 aliphatic rings. The van der Waals surface area contributed by atoms with Crippen molar-refractivity contribution in [2.75, 3.05) is 4.90 Å². The quantitative estimate of drug-likeness (QED) is 0.451. The molecule has 2 heterocycles. The van der Waals surface area contributed by atoms with E-state index in [2.05, 4.69) is 0 Å². The molecular formula is C27H19NO5. The molecule has 2 aliphatic heterocycles. The summed E-state index contributed by atoms with van der Waals surface area (Å²) in [5.41, 5.74) is 0.263. The van der Waals surface area contributed by atoms with Crippen LogP contribution in [0.1, 0.15) is 37.9 Å². The van der Waals surface area contributed by atoms with Crippen LogP contribution >= 0.6 is 0 Å². The number of rotatable bonds is 2. The first kappa shape index (κ1) is 19.8. The molecule has 2 saturated heterocycles. The third kappa shape index (κ3) is 2.41. The molecule has 0 aromatic heterocycles. The molecule has 0 radical (unpaired) electrons. The summed E-state index contributed by atoms with van der Waals surface area (Å²) in [6, 6.07) is 22.6. The fourth-order valence-corrected chi connectivity index (χ4v) is 5.51. The van der Waals surface area contributed by atoms with E-state index in [1.54, 1.807) is 60.7 Å². The summed E-state index contributed by atoms with van der Waals surface area (Å²) in [6.45, 7) is 1.81. The predicted octanol–water partition coefficient (Wildman–Crippen LogP) is 3.69. The van der Waals surface area contributed by atoms with Crippen molar-refractivity contribution < 1.29 is 23.9 Å². The Morgan fingerprint density at radius 2 is 1.30 bits per heavy atom. The Balaban J connectivity index is 1.57. The number of para-hydroxylation sites is 1. The summed E-state index contributed by atoms with van der Waals surface area (Å²) >= 11 is 0. The molecule has 0 bridgehead atoms. The highest BCUT2D eigenvalue weighted by Gasteiger charge is 2.74. The first-order valence-electron chi connectivity index (χ1n) is 10.8. The van der Waals surface area contributed by atoms with Crippen molar-refractivity contribution in [1.29, 1.82) is 0 Å². The Morgan fingerprint density at radius 1 is 0.727 bits per heavy atom. The number of hydrogen-bond acceptors (Lipinski definition) is 5. The third-order valence-electron chi connectivity index (χ3n) is 7.00. The highest BCUT2D eigenvalue weighted by Crippen LogP contribution is 2.57. The van der Waals surface area contributed by atoms with E-state index in [9.17, 15) is 19.2 Å². The van der Waals surface area contributed by atoms with Crippen LogP contribution in [0, 0.1) is 18.8 Å². The van der Waals surface area contributed by atoms with Crippen LogP contribution in [0.5, 0.6) is 0 Å². The number of ketones is 2. The minimum Gasteiger partial charge on any atom is -0.349 e. The standard InChI is InChI=1S/C27H19NO5/c1-15-9-5-8-14-19(15)28-25(31)20-21(26(28)32)27(33-22(20)16-10-3-2-4-11-16)23(29)17-12-6-7-13-18(17)24(27)30/h2-14,20-22H,1H3/t20-,21+,22+/m0/s1. The van der Waals surface area contributed by atoms with Crippen LogP contribution in [-0.4, -0.2) is 29.0 Å². The van der Waals surface area contributed by atoms with E-state index in [4.69, 9.17) is 4.74 Å². The summed E-state index contributed by atoms with van der Waals surface area (Å²) in [5.74, 6) is -4.36. The predicted molar refractivity (Wildman–Crippen MR) is 119 cm³/mol. The van der Waals surface area contributed by atoms with Gasteiger partial charge in [0.25, 0.3) is 0 Å². The van der Waals surface area contributed by atoms with Gasteiger partial charge in [-0.15, -0.1) is 0 Å². The molecule has 3 atom stereocenters. The van der Waals surface area contributed by atoms with E-state index >= 15 is 0 Å². The van der Waals surface area contributed by atoms with E-state index in [-0.39, 0.29) is 11.1 Å². The first-order chi connectivity index (χ1) is 16.0. The number of fused-ring (bicyclic) bond motifs is 3. The lowest BCUT2D eigenvalue weighted by atomic mass is 9.77. The van der Waals surface area contributed by atoms with Gasteiger partial charge in [-0.3, -0.25) is 19.2 Å². The lowest BCUT2D eigenvalue weighted by molar-refractivity contribution is -0.127. The van der Waals surface area contributed by atoms with Gasteiger partial charge in [0.15, 0.2) is 0 Å². The number of amides is 2. The molecule has 3 aromatic rings. The Labute approximate surface area is 189 Å². The van der Waals surface area contributed by atoms with Crippen molar-refractivity contribution in [3.8, 4) is 0 Å². The normalized spacial score (nSPS) is 25.1. The van der Waals surface area contributed by atoms with Crippen LogP contribution in [0.2, 0.25) is 0 Å². The molecule has 162 valence electrons. The monoisotopic (exact) mass is 437 g/mol. The number of carbonyl (C=O) groups excluding carboxylic acids is 4. The Bertz CT molecular complexity index is 1330. The van der Waals surface area contributed by atoms with E-state index < -0.39 is 46.9 Å². The molecule has 1 spiro atoms. The summed E-state index contributed by atoms with van der Waals surface area (Å²) in [6.07, 6.45) is -0.899. The average molecular weight is 437 g/mol. The SMILES string of the molecule is Cc1ccccc1N1C(=O)[C@@H]2[C@@H](c3ccccc3)OC3(C(=O)c4ccccc4C3=O)[C@H]2C1=O. The molecule has 6 rings (SSSR count). The number of nitrogens with zero attached hydrogens (tertiary/aromatic N) is 1. The van der Waals surface area contributed by atoms with E-state index in [0.717, 1.165) is 10.5 Å². The smallest absolute Gasteiger partial charge is 0.241 e. The zero-order chi connectivity index (χ0) is 22.9. The largest absolute Gasteiger partial charge is 0.349 e. The minimum absolute atomic E-state index is 0.226. The van der Waals surface area contributed by atoms with Crippen LogP contribution in [0.4, 0.5) is 5.69 Å². The van der Waals surface area contributed by atoms with Crippen molar-refractivity contribution in [3.63, 3.8) is 0 Å². The molecule has 6 nitrogen and oxygen atoms in total. The van der Waals surface area contributed by atoms with Crippen molar-refractivity contribution in [1.82, 2.24) is 0 Å². The topological polar surface area (TPSA) is 80.8 Å². The summed E-state index contributed by atoms with van der Waals surface area (Å²) in [7, 11) is 0. The van der Waals surface area contributed by atoms with Crippen molar-refractivity contribution in [3.05, 3.63) is 101 Å². The summed E-state index contributed by atoms with van der Waals surface area (Å²) in [4.78, 5) is 56.1. The number of ether oxygens (including phenoxy) is 1. The Hall–Kier alpha value is -3.90. The van der Waals surface area contributed by atoms with Gasteiger partial charge in [0.05, 0.1) is 23.6 Å². The zero-order valence-electron chi connectivity index (χ0n) is 17.7. The molecule has 6 heteroatoms. The molecule has 3 aromatic carbocycles. The highest BCUT2D eigenvalue weighted by molar-refractivity contribution is 6.37. The second-order valence-corrected chi connectivity index (χ2v) is 8.69. The van der Waals surface area contributed by atoms with Gasteiger partial charge in [-0.1, -0.05) is 72.8 Å². The van der Waals surface area contributed by atoms with Gasteiger partial charge < -0.3 is 4.74 Å². The number of imide groups is 1. The summed E-state index contributed by atoms with van der Waals surface area (Å²) < 4.78 is 6.26. The molecule has 0 saturated carbocycles. The third-order valence-corrected chi connectivity index (χ3v) is 7.00. The number of anilines is 1. The van der Waals surface area contributed by atoms with E-state index in [0.29, 0.717) is 11.3 Å². The maximum Gasteiger partial charge on any atom is 0.241 e. The van der Waals surface area contributed by atoms with Gasteiger partial charge in [0.2, 0.25) is 29.0 Å². The van der Waals surface area contributed by atoms with Crippen molar-refractivity contribution in [2.24, 2.45) is 11.8 Å². The van der Waals surface area contributed by atoms with Gasteiger partial charge in [-0.2, -0.15) is 0 Å². The first-order valence-corrected chi connectivity index (χ1v) is 10.8. The number of hydrogen-bond donors (Lipinski definition) is 0. The number of benzene rings is 3. The molecule has 0 unspecified atom stereocenters. The van der Waals surface area contributed by atoms with Gasteiger partial charge in [0.1, 0.15) is 0 Å². The lowest BCUT2D eigenvalue weighted by Gasteiger charge is -2.27. The van der Waals surface area contributed by atoms with Gasteiger partial charge >= 0.3 is 0 Å². The molecule has 2 amide bonds. The number of carbonyl (C=O) groups is 4. The molecule has 2 fully saturated rings. The van der Waals surface area contributed by atoms with Gasteiger partial charge in [-0.25, -0.2) is 4.90 Å². The highest BCUT2D eigenvalue weighted by atomic mass is 16.5. The molecule has 33 heavy (non-hydrogen) atoms. The van der Waals surface area contributed by atoms with Crippen molar-refractivity contribution >= 4 is 29.1 Å². The molecule has 0 N–H and O–H groups in total. The van der Waals surface area contributed by atoms with Crippen LogP contribution in [0.25, 0.3) is 0 Å². The Kier molecular flexibility index (Phi) is 4.07. The van der Waals surface area contributed by atoms with Crippen LogP contribution in [-0.2, 0) is 14.3 Å². The van der Waals surface area contributed by atoms with Crippen LogP contribution in [0.3, 0.4) is 0 Å². The minimum atomic E-state index is -2.04. The van der Waals surface area contributed by atoms with E-state index in [1.165, 1.54) is 0 Å².